The highest BCUT2D eigenvalue weighted by molar-refractivity contribution is 5.83. The van der Waals surface area contributed by atoms with Gasteiger partial charge in [0.2, 0.25) is 0 Å². The minimum absolute atomic E-state index is 0.214. The second-order valence-corrected chi connectivity index (χ2v) is 11.4. The summed E-state index contributed by atoms with van der Waals surface area (Å²) in [5.74, 6) is 0.804. The number of fused-ring (bicyclic) bond motifs is 2. The lowest BCUT2D eigenvalue weighted by Crippen LogP contribution is -2.48. The van der Waals surface area contributed by atoms with E-state index in [1.807, 2.05) is 12.3 Å². The number of benzene rings is 1. The summed E-state index contributed by atoms with van der Waals surface area (Å²) >= 11 is 0. The highest BCUT2D eigenvalue weighted by Crippen LogP contribution is 2.36. The number of rotatable bonds is 14. The molecular weight excluding hydrogens is 478 g/mol. The van der Waals surface area contributed by atoms with Crippen molar-refractivity contribution >= 4 is 11.0 Å². The molecule has 4 rings (SSSR count). The van der Waals surface area contributed by atoms with E-state index in [0.717, 1.165) is 47.3 Å². The molecule has 0 unspecified atom stereocenters. The monoisotopic (exact) mass is 524 g/mol. The van der Waals surface area contributed by atoms with Crippen molar-refractivity contribution < 1.29 is 13.6 Å². The summed E-state index contributed by atoms with van der Waals surface area (Å²) in [6.45, 7) is 18.3. The van der Waals surface area contributed by atoms with Crippen molar-refractivity contribution in [1.82, 2.24) is 20.3 Å². The number of unbranched alkanes of at least 4 members (excludes halogenated alkanes) is 3. The van der Waals surface area contributed by atoms with Crippen LogP contribution in [-0.2, 0) is 19.5 Å². The van der Waals surface area contributed by atoms with Gasteiger partial charge in [0.05, 0.1) is 44.6 Å². The normalized spacial score (nSPS) is 15.0. The molecule has 1 aromatic carbocycles. The van der Waals surface area contributed by atoms with E-state index in [2.05, 4.69) is 56.3 Å². The van der Waals surface area contributed by atoms with Crippen molar-refractivity contribution in [3.05, 3.63) is 51.6 Å². The van der Waals surface area contributed by atoms with Gasteiger partial charge in [0.1, 0.15) is 16.9 Å². The maximum atomic E-state index is 12.3. The van der Waals surface area contributed by atoms with Crippen LogP contribution in [0.15, 0.2) is 33.6 Å². The number of hydrogen-bond acceptors (Lipinski definition) is 6. The number of nitrogens with zero attached hydrogens (tertiary/aromatic N) is 4. The van der Waals surface area contributed by atoms with E-state index in [4.69, 9.17) is 9.15 Å². The van der Waals surface area contributed by atoms with Gasteiger partial charge in [-0.2, -0.15) is 0 Å². The standard InChI is InChI=1S/C30H46N5O3/c1-6-35(7-2,8-3)16-12-10-9-11-15-31-20-25-22-34(33-32-25)21-24-18-29(36)37-28-19-27-23(17-26(24)28)13-14-30(4,5)38-27/h17-19,22,31H,6-16,20-21H2,1-5H3/q+1. The van der Waals surface area contributed by atoms with Gasteiger partial charge in [-0.1, -0.05) is 11.6 Å². The molecule has 0 aliphatic carbocycles. The van der Waals surface area contributed by atoms with Gasteiger partial charge in [0.15, 0.2) is 0 Å². The molecular formula is C30H46N5O3+. The third-order valence-electron chi connectivity index (χ3n) is 8.37. The number of hydrogen-bond donors (Lipinski definition) is 1. The fourth-order valence-electron chi connectivity index (χ4n) is 5.59. The van der Waals surface area contributed by atoms with E-state index in [9.17, 15) is 4.79 Å². The third-order valence-corrected chi connectivity index (χ3v) is 8.37. The van der Waals surface area contributed by atoms with Crippen molar-refractivity contribution in [3.8, 4) is 5.75 Å². The number of ether oxygens (including phenoxy) is 1. The van der Waals surface area contributed by atoms with Crippen LogP contribution >= 0.6 is 0 Å². The van der Waals surface area contributed by atoms with Crippen molar-refractivity contribution in [3.63, 3.8) is 0 Å². The molecule has 0 atom stereocenters. The van der Waals surface area contributed by atoms with Crippen LogP contribution in [0.4, 0.5) is 0 Å². The molecule has 0 saturated heterocycles. The Morgan fingerprint density at radius 1 is 1.05 bits per heavy atom. The molecule has 208 valence electrons. The molecule has 8 nitrogen and oxygen atoms in total. The average molecular weight is 525 g/mol. The number of quaternary nitrogens is 1. The second-order valence-electron chi connectivity index (χ2n) is 11.4. The molecule has 1 aliphatic heterocycles. The molecule has 0 spiro atoms. The molecule has 2 aromatic heterocycles. The molecule has 1 aliphatic rings. The fraction of sp³-hybridized carbons (Fsp3) is 0.633. The molecule has 3 heterocycles. The summed E-state index contributed by atoms with van der Waals surface area (Å²) in [6, 6.07) is 5.52. The number of aromatic nitrogens is 3. The molecule has 3 aromatic rings. The molecule has 0 bridgehead atoms. The zero-order valence-electron chi connectivity index (χ0n) is 24.0. The summed E-state index contributed by atoms with van der Waals surface area (Å²) in [5.41, 5.74) is 2.90. The molecule has 0 amide bonds. The minimum Gasteiger partial charge on any atom is -0.487 e. The average Bonchev–Trinajstić information content (AvgIpc) is 3.34. The summed E-state index contributed by atoms with van der Waals surface area (Å²) < 4.78 is 14.7. The highest BCUT2D eigenvalue weighted by atomic mass is 16.5. The maximum Gasteiger partial charge on any atom is 0.336 e. The summed E-state index contributed by atoms with van der Waals surface area (Å²) in [5, 5.41) is 13.1. The van der Waals surface area contributed by atoms with Gasteiger partial charge in [0, 0.05) is 24.1 Å². The summed E-state index contributed by atoms with van der Waals surface area (Å²) in [6.07, 6.45) is 8.88. The minimum atomic E-state index is -0.367. The molecule has 0 fully saturated rings. The van der Waals surface area contributed by atoms with Gasteiger partial charge >= 0.3 is 5.63 Å². The van der Waals surface area contributed by atoms with Crippen LogP contribution in [0, 0.1) is 0 Å². The Balaban J connectivity index is 1.27. The zero-order valence-corrected chi connectivity index (χ0v) is 24.0. The van der Waals surface area contributed by atoms with Crippen LogP contribution in [0.5, 0.6) is 5.75 Å². The van der Waals surface area contributed by atoms with Crippen LogP contribution in [0.2, 0.25) is 0 Å². The van der Waals surface area contributed by atoms with Crippen molar-refractivity contribution in [2.75, 3.05) is 32.7 Å². The lowest BCUT2D eigenvalue weighted by molar-refractivity contribution is -0.923. The van der Waals surface area contributed by atoms with Crippen LogP contribution in [0.25, 0.3) is 11.0 Å². The van der Waals surface area contributed by atoms with Crippen LogP contribution in [-0.4, -0.2) is 57.8 Å². The molecule has 1 N–H and O–H groups in total. The largest absolute Gasteiger partial charge is 0.487 e. The summed E-state index contributed by atoms with van der Waals surface area (Å²) in [7, 11) is 0. The lowest BCUT2D eigenvalue weighted by Gasteiger charge is -2.35. The van der Waals surface area contributed by atoms with E-state index < -0.39 is 0 Å². The Morgan fingerprint density at radius 3 is 2.58 bits per heavy atom. The van der Waals surface area contributed by atoms with E-state index in [1.54, 1.807) is 10.7 Å². The van der Waals surface area contributed by atoms with Gasteiger partial charge in [-0.05, 0) is 90.5 Å². The first-order chi connectivity index (χ1) is 18.3. The van der Waals surface area contributed by atoms with Gasteiger partial charge in [-0.25, -0.2) is 9.48 Å². The Kier molecular flexibility index (Phi) is 9.26. The smallest absolute Gasteiger partial charge is 0.336 e. The van der Waals surface area contributed by atoms with E-state index in [0.29, 0.717) is 18.7 Å². The molecule has 8 heteroatoms. The van der Waals surface area contributed by atoms with Gasteiger partial charge in [-0.3, -0.25) is 0 Å². The second kappa shape index (κ2) is 12.4. The number of nitrogens with one attached hydrogen (secondary N) is 1. The predicted molar refractivity (Wildman–Crippen MR) is 152 cm³/mol. The SMILES string of the molecule is CC[N+](CC)(CC)CCCCCCNCc1cn(Cc2cc(=O)oc3cc4c(cc23)CCC(C)(C)O4)nn1. The highest BCUT2D eigenvalue weighted by Gasteiger charge is 2.27. The van der Waals surface area contributed by atoms with E-state index in [-0.39, 0.29) is 11.2 Å². The summed E-state index contributed by atoms with van der Waals surface area (Å²) in [4.78, 5) is 12.3. The Labute approximate surface area is 226 Å². The first-order valence-corrected chi connectivity index (χ1v) is 14.5. The lowest BCUT2D eigenvalue weighted by atomic mass is 9.93. The fourth-order valence-corrected chi connectivity index (χ4v) is 5.59. The Bertz CT molecular complexity index is 1250. The van der Waals surface area contributed by atoms with Crippen molar-refractivity contribution in [2.45, 2.75) is 91.8 Å². The van der Waals surface area contributed by atoms with Crippen LogP contribution < -0.4 is 15.7 Å². The third kappa shape index (κ3) is 7.03. The van der Waals surface area contributed by atoms with E-state index in [1.165, 1.54) is 56.3 Å². The van der Waals surface area contributed by atoms with Crippen LogP contribution in [0.3, 0.4) is 0 Å². The van der Waals surface area contributed by atoms with Crippen LogP contribution in [0.1, 0.15) is 83.5 Å². The van der Waals surface area contributed by atoms with Gasteiger partial charge < -0.3 is 19.0 Å². The topological polar surface area (TPSA) is 82.2 Å². The first kappa shape index (κ1) is 28.3. The zero-order chi connectivity index (χ0) is 27.2. The Hall–Kier alpha value is -2.71. The number of aryl methyl sites for hydroxylation is 1. The Morgan fingerprint density at radius 2 is 1.82 bits per heavy atom. The molecule has 0 saturated carbocycles. The first-order valence-electron chi connectivity index (χ1n) is 14.5. The van der Waals surface area contributed by atoms with Crippen molar-refractivity contribution in [2.24, 2.45) is 0 Å². The van der Waals surface area contributed by atoms with Gasteiger partial charge in [0.25, 0.3) is 0 Å². The van der Waals surface area contributed by atoms with Crippen molar-refractivity contribution in [1.29, 1.82) is 0 Å². The quantitative estimate of drug-likeness (QED) is 0.180. The van der Waals surface area contributed by atoms with E-state index >= 15 is 0 Å². The predicted octanol–water partition coefficient (Wildman–Crippen LogP) is 5.06. The molecule has 0 radical (unpaired) electrons. The van der Waals surface area contributed by atoms with Gasteiger partial charge in [-0.15, -0.1) is 5.10 Å². The molecule has 38 heavy (non-hydrogen) atoms. The maximum absolute atomic E-state index is 12.3.